The van der Waals surface area contributed by atoms with Crippen LogP contribution in [0.25, 0.3) is 10.8 Å². The van der Waals surface area contributed by atoms with Gasteiger partial charge in [-0.25, -0.2) is 13.8 Å². The van der Waals surface area contributed by atoms with Crippen LogP contribution in [0.1, 0.15) is 0 Å². The van der Waals surface area contributed by atoms with Crippen LogP contribution in [0.2, 0.25) is 0 Å². The number of nitrogens with one attached hydrogen (secondary N) is 1. The fourth-order valence-corrected chi connectivity index (χ4v) is 2.02. The Morgan fingerprint density at radius 3 is 2.68 bits per heavy atom. The summed E-state index contributed by atoms with van der Waals surface area (Å²) in [6, 6.07) is 5.41. The lowest BCUT2D eigenvalue weighted by Crippen LogP contribution is -2.15. The third-order valence-corrected chi connectivity index (χ3v) is 2.85. The quantitative estimate of drug-likeness (QED) is 0.927. The lowest BCUT2D eigenvalue weighted by atomic mass is 10.1. The van der Waals surface area contributed by atoms with Crippen LogP contribution < -0.4 is 14.8 Å². The summed E-state index contributed by atoms with van der Waals surface area (Å²) in [4.78, 5) is 4.09. The van der Waals surface area contributed by atoms with E-state index in [2.05, 4.69) is 10.3 Å². The number of ether oxygens (including phenoxy) is 2. The van der Waals surface area contributed by atoms with E-state index in [1.165, 1.54) is 0 Å². The molecule has 0 atom stereocenters. The largest absolute Gasteiger partial charge is 0.486 e. The van der Waals surface area contributed by atoms with Crippen LogP contribution in [0.15, 0.2) is 24.4 Å². The van der Waals surface area contributed by atoms with Crippen LogP contribution in [0.4, 0.5) is 14.6 Å². The maximum atomic E-state index is 12.3. The summed E-state index contributed by atoms with van der Waals surface area (Å²) in [6.07, 6.45) is -0.846. The number of alkyl halides is 2. The summed E-state index contributed by atoms with van der Waals surface area (Å²) in [7, 11) is 0. The highest BCUT2D eigenvalue weighted by atomic mass is 19.3. The number of nitrogens with zero attached hydrogens (tertiary/aromatic N) is 1. The van der Waals surface area contributed by atoms with Gasteiger partial charge in [0.1, 0.15) is 19.0 Å². The number of fused-ring (bicyclic) bond motifs is 2. The number of pyridine rings is 1. The minimum atomic E-state index is -2.42. The Hall–Kier alpha value is -2.11. The van der Waals surface area contributed by atoms with Crippen LogP contribution in [0.5, 0.6) is 11.5 Å². The maximum Gasteiger partial charge on any atom is 0.255 e. The molecule has 2 aromatic rings. The van der Waals surface area contributed by atoms with Gasteiger partial charge in [0.05, 0.1) is 6.54 Å². The summed E-state index contributed by atoms with van der Waals surface area (Å²) in [5, 5.41) is 4.25. The van der Waals surface area contributed by atoms with E-state index < -0.39 is 13.0 Å². The Morgan fingerprint density at radius 1 is 1.21 bits per heavy atom. The topological polar surface area (TPSA) is 43.4 Å². The van der Waals surface area contributed by atoms with Crippen molar-refractivity contribution in [1.29, 1.82) is 0 Å². The molecule has 1 aliphatic rings. The number of aromatic nitrogens is 1. The summed E-state index contributed by atoms with van der Waals surface area (Å²) < 4.78 is 35.5. The molecule has 0 fully saturated rings. The third-order valence-electron chi connectivity index (χ3n) is 2.85. The zero-order chi connectivity index (χ0) is 13.2. The van der Waals surface area contributed by atoms with Crippen LogP contribution in [-0.4, -0.2) is 31.2 Å². The van der Waals surface area contributed by atoms with Gasteiger partial charge >= 0.3 is 0 Å². The Morgan fingerprint density at radius 2 is 1.95 bits per heavy atom. The first-order valence-corrected chi connectivity index (χ1v) is 5.94. The van der Waals surface area contributed by atoms with Crippen molar-refractivity contribution in [3.05, 3.63) is 24.4 Å². The van der Waals surface area contributed by atoms with Gasteiger partial charge in [0.15, 0.2) is 11.5 Å². The third kappa shape index (κ3) is 2.38. The minimum Gasteiger partial charge on any atom is -0.486 e. The lowest BCUT2D eigenvalue weighted by molar-refractivity contribution is 0.163. The molecule has 4 nitrogen and oxygen atoms in total. The monoisotopic (exact) mass is 266 g/mol. The molecule has 100 valence electrons. The molecule has 0 spiro atoms. The van der Waals surface area contributed by atoms with Crippen molar-refractivity contribution >= 4 is 16.6 Å². The average Bonchev–Trinajstić information content (AvgIpc) is 2.42. The number of benzene rings is 1. The molecule has 0 radical (unpaired) electrons. The number of hydrogen-bond acceptors (Lipinski definition) is 4. The molecule has 1 aliphatic heterocycles. The second kappa shape index (κ2) is 4.87. The minimum absolute atomic E-state index is 0.426. The van der Waals surface area contributed by atoms with E-state index in [1.807, 2.05) is 6.07 Å². The fraction of sp³-hybridized carbons (Fsp3) is 0.308. The highest BCUT2D eigenvalue weighted by molar-refractivity contribution is 5.94. The summed E-state index contributed by atoms with van der Waals surface area (Å²) in [5.74, 6) is 1.71. The Labute approximate surface area is 108 Å². The van der Waals surface area contributed by atoms with Crippen LogP contribution in [-0.2, 0) is 0 Å². The van der Waals surface area contributed by atoms with Gasteiger partial charge in [-0.1, -0.05) is 0 Å². The summed E-state index contributed by atoms with van der Waals surface area (Å²) in [6.45, 7) is 0.569. The molecule has 1 aromatic heterocycles. The second-order valence-corrected chi connectivity index (χ2v) is 4.15. The zero-order valence-corrected chi connectivity index (χ0v) is 10.0. The molecular weight excluding hydrogens is 254 g/mol. The predicted octanol–water partition coefficient (Wildman–Crippen LogP) is 2.68. The molecule has 3 rings (SSSR count). The molecular formula is C13H12F2N2O2. The Balaban J connectivity index is 2.03. The number of anilines is 1. The molecule has 6 heteroatoms. The fourth-order valence-electron chi connectivity index (χ4n) is 2.02. The highest BCUT2D eigenvalue weighted by Gasteiger charge is 2.14. The maximum absolute atomic E-state index is 12.3. The van der Waals surface area contributed by atoms with E-state index >= 15 is 0 Å². The SMILES string of the molecule is FC(F)CNc1nccc2cc3c(cc12)OCCO3. The first-order valence-electron chi connectivity index (χ1n) is 5.94. The van der Waals surface area contributed by atoms with Crippen LogP contribution in [0.3, 0.4) is 0 Å². The van der Waals surface area contributed by atoms with Gasteiger partial charge in [-0.05, 0) is 23.6 Å². The van der Waals surface area contributed by atoms with Crippen molar-refractivity contribution < 1.29 is 18.3 Å². The van der Waals surface area contributed by atoms with E-state index in [-0.39, 0.29) is 0 Å². The standard InChI is InChI=1S/C13H12F2N2O2/c14-12(15)7-17-13-9-6-11-10(18-3-4-19-11)5-8(9)1-2-16-13/h1-2,5-6,12H,3-4,7H2,(H,16,17). The Kier molecular flexibility index (Phi) is 3.06. The number of halogens is 2. The van der Waals surface area contributed by atoms with Crippen molar-refractivity contribution in [2.24, 2.45) is 0 Å². The van der Waals surface area contributed by atoms with Crippen molar-refractivity contribution in [1.82, 2.24) is 4.98 Å². The van der Waals surface area contributed by atoms with Gasteiger partial charge < -0.3 is 14.8 Å². The Bertz CT molecular complexity index is 604. The van der Waals surface area contributed by atoms with Crippen molar-refractivity contribution in [2.75, 3.05) is 25.1 Å². The molecule has 1 N–H and O–H groups in total. The predicted molar refractivity (Wildman–Crippen MR) is 67.2 cm³/mol. The molecule has 0 amide bonds. The van der Waals surface area contributed by atoms with Gasteiger partial charge in [-0.2, -0.15) is 0 Å². The first kappa shape index (κ1) is 12.0. The molecule has 0 bridgehead atoms. The highest BCUT2D eigenvalue weighted by Crippen LogP contribution is 2.36. The normalized spacial score (nSPS) is 13.8. The van der Waals surface area contributed by atoms with Gasteiger partial charge in [-0.3, -0.25) is 0 Å². The molecule has 1 aromatic carbocycles. The molecule has 0 saturated heterocycles. The van der Waals surface area contributed by atoms with Gasteiger partial charge in [0, 0.05) is 11.6 Å². The number of hydrogen-bond donors (Lipinski definition) is 1. The first-order chi connectivity index (χ1) is 9.24. The van der Waals surface area contributed by atoms with Crippen molar-refractivity contribution in [2.45, 2.75) is 6.43 Å². The summed E-state index contributed by atoms with van der Waals surface area (Å²) >= 11 is 0. The van der Waals surface area contributed by atoms with Gasteiger partial charge in [-0.15, -0.1) is 0 Å². The molecule has 0 unspecified atom stereocenters. The molecule has 0 aliphatic carbocycles. The van der Waals surface area contributed by atoms with E-state index in [0.29, 0.717) is 30.5 Å². The van der Waals surface area contributed by atoms with E-state index in [4.69, 9.17) is 9.47 Å². The van der Waals surface area contributed by atoms with E-state index in [9.17, 15) is 8.78 Å². The molecule has 19 heavy (non-hydrogen) atoms. The van der Waals surface area contributed by atoms with E-state index in [1.54, 1.807) is 18.3 Å². The van der Waals surface area contributed by atoms with E-state index in [0.717, 1.165) is 10.8 Å². The van der Waals surface area contributed by atoms with Crippen LogP contribution >= 0.6 is 0 Å². The molecule has 2 heterocycles. The smallest absolute Gasteiger partial charge is 0.255 e. The second-order valence-electron chi connectivity index (χ2n) is 4.15. The van der Waals surface area contributed by atoms with Crippen molar-refractivity contribution in [3.63, 3.8) is 0 Å². The number of rotatable bonds is 3. The zero-order valence-electron chi connectivity index (χ0n) is 10.0. The summed E-state index contributed by atoms with van der Waals surface area (Å²) in [5.41, 5.74) is 0. The van der Waals surface area contributed by atoms with Crippen molar-refractivity contribution in [3.8, 4) is 11.5 Å². The average molecular weight is 266 g/mol. The van der Waals surface area contributed by atoms with Gasteiger partial charge in [0.25, 0.3) is 6.43 Å². The molecule has 0 saturated carbocycles. The lowest BCUT2D eigenvalue weighted by Gasteiger charge is -2.19. The van der Waals surface area contributed by atoms with Crippen LogP contribution in [0, 0.1) is 0 Å². The van der Waals surface area contributed by atoms with Gasteiger partial charge in [0.2, 0.25) is 0 Å².